The average Bonchev–Trinajstić information content (AvgIpc) is 2.86. The van der Waals surface area contributed by atoms with Gasteiger partial charge in [-0.2, -0.15) is 5.10 Å². The molecule has 0 radical (unpaired) electrons. The van der Waals surface area contributed by atoms with E-state index in [4.69, 9.17) is 0 Å². The topological polar surface area (TPSA) is 43.1 Å². The van der Waals surface area contributed by atoms with E-state index in [-0.39, 0.29) is 0 Å². The Kier molecular flexibility index (Phi) is 2.08. The highest BCUT2D eigenvalue weighted by Crippen LogP contribution is 2.20. The molecule has 3 aromatic heterocycles. The van der Waals surface area contributed by atoms with Crippen molar-refractivity contribution in [2.75, 3.05) is 0 Å². The molecule has 4 heteroatoms. The van der Waals surface area contributed by atoms with E-state index in [0.717, 1.165) is 27.8 Å². The van der Waals surface area contributed by atoms with Crippen molar-refractivity contribution < 1.29 is 0 Å². The molecule has 0 saturated heterocycles. The highest BCUT2D eigenvalue weighted by atomic mass is 15.3. The monoisotopic (exact) mass is 246 g/mol. The molecule has 19 heavy (non-hydrogen) atoms. The van der Waals surface area contributed by atoms with Gasteiger partial charge >= 0.3 is 0 Å². The lowest BCUT2D eigenvalue weighted by molar-refractivity contribution is 0.959. The predicted octanol–water partition coefficient (Wildman–Crippen LogP) is 2.94. The molecule has 4 nitrogen and oxygen atoms in total. The van der Waals surface area contributed by atoms with Crippen LogP contribution in [0.5, 0.6) is 0 Å². The Morgan fingerprint density at radius 1 is 0.842 bits per heavy atom. The lowest BCUT2D eigenvalue weighted by atomic mass is 10.1. The summed E-state index contributed by atoms with van der Waals surface area (Å²) in [5.41, 5.74) is 4.66. The van der Waals surface area contributed by atoms with Crippen LogP contribution < -0.4 is 0 Å². The van der Waals surface area contributed by atoms with Crippen molar-refractivity contribution in [1.29, 1.82) is 0 Å². The zero-order chi connectivity index (χ0) is 12.7. The highest BCUT2D eigenvalue weighted by Gasteiger charge is 2.07. The third kappa shape index (κ3) is 1.57. The minimum Gasteiger partial charge on any atom is -0.251 e. The predicted molar refractivity (Wildman–Crippen MR) is 73.7 cm³/mol. The van der Waals surface area contributed by atoms with E-state index in [9.17, 15) is 0 Å². The summed E-state index contributed by atoms with van der Waals surface area (Å²) < 4.78 is 1.79. The van der Waals surface area contributed by atoms with E-state index < -0.39 is 0 Å². The molecule has 0 unspecified atom stereocenters. The second-order valence-corrected chi connectivity index (χ2v) is 4.35. The molecule has 3 heterocycles. The zero-order valence-electron chi connectivity index (χ0n) is 10.1. The Bertz CT molecular complexity index is 865. The SMILES string of the molecule is c1ccc(-c2cnc3c4ncccc4nn3c2)cc1. The van der Waals surface area contributed by atoms with Crippen LogP contribution >= 0.6 is 0 Å². The van der Waals surface area contributed by atoms with E-state index in [1.165, 1.54) is 0 Å². The summed E-state index contributed by atoms with van der Waals surface area (Å²) in [5, 5.41) is 4.49. The van der Waals surface area contributed by atoms with Gasteiger partial charge in [0.25, 0.3) is 0 Å². The smallest absolute Gasteiger partial charge is 0.181 e. The minimum absolute atomic E-state index is 0.787. The molecule has 0 amide bonds. The van der Waals surface area contributed by atoms with E-state index in [2.05, 4.69) is 27.2 Å². The number of hydrogen-bond acceptors (Lipinski definition) is 3. The fourth-order valence-corrected chi connectivity index (χ4v) is 2.21. The highest BCUT2D eigenvalue weighted by molar-refractivity contribution is 5.88. The summed E-state index contributed by atoms with van der Waals surface area (Å²) in [6, 6.07) is 14.0. The number of rotatable bonds is 1. The lowest BCUT2D eigenvalue weighted by Crippen LogP contribution is -1.91. The number of hydrogen-bond donors (Lipinski definition) is 0. The molecule has 4 rings (SSSR count). The number of pyridine rings is 1. The van der Waals surface area contributed by atoms with Gasteiger partial charge in [-0.15, -0.1) is 0 Å². The maximum atomic E-state index is 4.49. The molecular formula is C15H10N4. The fourth-order valence-electron chi connectivity index (χ4n) is 2.21. The molecule has 1 aromatic carbocycles. The first-order chi connectivity index (χ1) is 9.42. The molecular weight excluding hydrogens is 236 g/mol. The number of aromatic nitrogens is 4. The van der Waals surface area contributed by atoms with Crippen LogP contribution in [0.4, 0.5) is 0 Å². The van der Waals surface area contributed by atoms with Gasteiger partial charge in [-0.05, 0) is 17.7 Å². The van der Waals surface area contributed by atoms with Crippen molar-refractivity contribution >= 4 is 16.7 Å². The van der Waals surface area contributed by atoms with Gasteiger partial charge in [-0.1, -0.05) is 30.3 Å². The van der Waals surface area contributed by atoms with Gasteiger partial charge in [0.2, 0.25) is 0 Å². The van der Waals surface area contributed by atoms with E-state index in [0.29, 0.717) is 0 Å². The lowest BCUT2D eigenvalue weighted by Gasteiger charge is -2.00. The maximum absolute atomic E-state index is 4.49. The first kappa shape index (κ1) is 10.2. The van der Waals surface area contributed by atoms with Crippen LogP contribution in [0, 0.1) is 0 Å². The quantitative estimate of drug-likeness (QED) is 0.518. The Morgan fingerprint density at radius 2 is 1.74 bits per heavy atom. The number of fused-ring (bicyclic) bond motifs is 3. The van der Waals surface area contributed by atoms with Gasteiger partial charge in [-0.25, -0.2) is 9.50 Å². The standard InChI is InChI=1S/C15H10N4/c1-2-5-11(6-3-1)12-9-17-15-14-13(7-4-8-16-14)18-19(15)10-12/h1-10H. The Balaban J connectivity index is 1.99. The van der Waals surface area contributed by atoms with E-state index in [1.807, 2.05) is 42.7 Å². The van der Waals surface area contributed by atoms with Crippen molar-refractivity contribution in [3.63, 3.8) is 0 Å². The normalized spacial score (nSPS) is 11.2. The molecule has 0 aliphatic rings. The van der Waals surface area contributed by atoms with Crippen molar-refractivity contribution in [2.45, 2.75) is 0 Å². The molecule has 0 aliphatic heterocycles. The summed E-state index contributed by atoms with van der Waals surface area (Å²) in [7, 11) is 0. The first-order valence-electron chi connectivity index (χ1n) is 6.06. The number of nitrogens with zero attached hydrogens (tertiary/aromatic N) is 4. The first-order valence-corrected chi connectivity index (χ1v) is 6.06. The van der Waals surface area contributed by atoms with Crippen LogP contribution in [0.1, 0.15) is 0 Å². The minimum atomic E-state index is 0.787. The second kappa shape index (κ2) is 3.88. The maximum Gasteiger partial charge on any atom is 0.181 e. The largest absolute Gasteiger partial charge is 0.251 e. The molecule has 0 saturated carbocycles. The van der Waals surface area contributed by atoms with Crippen LogP contribution in [-0.2, 0) is 0 Å². The van der Waals surface area contributed by atoms with Crippen LogP contribution in [0.3, 0.4) is 0 Å². The molecule has 0 N–H and O–H groups in total. The summed E-state index contributed by atoms with van der Waals surface area (Å²) in [6.07, 6.45) is 5.61. The Labute approximate surface area is 109 Å². The van der Waals surface area contributed by atoms with Gasteiger partial charge in [0.1, 0.15) is 11.0 Å². The third-order valence-electron chi connectivity index (χ3n) is 3.13. The summed E-state index contributed by atoms with van der Waals surface area (Å²) >= 11 is 0. The van der Waals surface area contributed by atoms with Crippen molar-refractivity contribution in [3.05, 3.63) is 61.1 Å². The van der Waals surface area contributed by atoms with Crippen molar-refractivity contribution in [3.8, 4) is 11.1 Å². The summed E-state index contributed by atoms with van der Waals surface area (Å²) in [5.74, 6) is 0. The fraction of sp³-hybridized carbons (Fsp3) is 0. The molecule has 0 fully saturated rings. The molecule has 4 aromatic rings. The number of benzene rings is 1. The van der Waals surface area contributed by atoms with Gasteiger partial charge in [0.05, 0.1) is 0 Å². The summed E-state index contributed by atoms with van der Waals surface area (Å²) in [4.78, 5) is 8.81. The molecule has 0 spiro atoms. The van der Waals surface area contributed by atoms with Gasteiger partial charge in [0, 0.05) is 24.2 Å². The summed E-state index contributed by atoms with van der Waals surface area (Å²) in [6.45, 7) is 0. The second-order valence-electron chi connectivity index (χ2n) is 4.35. The van der Waals surface area contributed by atoms with E-state index >= 15 is 0 Å². The van der Waals surface area contributed by atoms with Crippen molar-refractivity contribution in [1.82, 2.24) is 19.6 Å². The molecule has 0 bridgehead atoms. The van der Waals surface area contributed by atoms with Gasteiger partial charge in [-0.3, -0.25) is 4.98 Å². The van der Waals surface area contributed by atoms with Crippen LogP contribution in [0.25, 0.3) is 27.8 Å². The Hall–Kier alpha value is -2.75. The van der Waals surface area contributed by atoms with Gasteiger partial charge < -0.3 is 0 Å². The van der Waals surface area contributed by atoms with Crippen LogP contribution in [0.2, 0.25) is 0 Å². The average molecular weight is 246 g/mol. The third-order valence-corrected chi connectivity index (χ3v) is 3.13. The van der Waals surface area contributed by atoms with Crippen molar-refractivity contribution in [2.24, 2.45) is 0 Å². The Morgan fingerprint density at radius 3 is 2.63 bits per heavy atom. The van der Waals surface area contributed by atoms with Crippen LogP contribution in [0.15, 0.2) is 61.1 Å². The molecule has 90 valence electrons. The van der Waals surface area contributed by atoms with E-state index in [1.54, 1.807) is 10.7 Å². The molecule has 0 aliphatic carbocycles. The zero-order valence-corrected chi connectivity index (χ0v) is 10.1. The molecule has 0 atom stereocenters. The van der Waals surface area contributed by atoms with Crippen LogP contribution in [-0.4, -0.2) is 19.6 Å². The van der Waals surface area contributed by atoms with Gasteiger partial charge in [0.15, 0.2) is 5.65 Å².